The zero-order valence-corrected chi connectivity index (χ0v) is 12.0. The summed E-state index contributed by atoms with van der Waals surface area (Å²) < 4.78 is 0. The van der Waals surface area contributed by atoms with Gasteiger partial charge in [0.15, 0.2) is 0 Å². The number of nitrogens with one attached hydrogen (secondary N) is 1. The third-order valence-electron chi connectivity index (χ3n) is 3.06. The molecule has 1 aromatic rings. The standard InChI is InChI=1S/C12H15N3O4S/c1-6-10(20-7(2)14-6)12(19)15-4-3-13-11(18)8(15)5-9(16)17/h8H,3-5H2,1-2H3,(H,13,18)(H,16,17). The van der Waals surface area contributed by atoms with Gasteiger partial charge in [0.2, 0.25) is 5.91 Å². The summed E-state index contributed by atoms with van der Waals surface area (Å²) in [6.07, 6.45) is -0.394. The second-order valence-electron chi connectivity index (χ2n) is 4.55. The predicted octanol–water partition coefficient (Wildman–Crippen LogP) is 0.175. The fraction of sp³-hybridized carbons (Fsp3) is 0.500. The number of carboxylic acid groups (broad SMARTS) is 1. The van der Waals surface area contributed by atoms with E-state index in [1.54, 1.807) is 13.8 Å². The van der Waals surface area contributed by atoms with E-state index < -0.39 is 24.3 Å². The Hall–Kier alpha value is -1.96. The fourth-order valence-electron chi connectivity index (χ4n) is 2.19. The molecule has 2 rings (SSSR count). The molecule has 1 unspecified atom stereocenters. The zero-order chi connectivity index (χ0) is 14.9. The van der Waals surface area contributed by atoms with Gasteiger partial charge in [0.1, 0.15) is 10.9 Å². The highest BCUT2D eigenvalue weighted by molar-refractivity contribution is 7.13. The Morgan fingerprint density at radius 1 is 1.50 bits per heavy atom. The second kappa shape index (κ2) is 5.58. The minimum Gasteiger partial charge on any atom is -0.481 e. The van der Waals surface area contributed by atoms with Gasteiger partial charge in [0, 0.05) is 13.1 Å². The van der Waals surface area contributed by atoms with E-state index in [2.05, 4.69) is 10.3 Å². The van der Waals surface area contributed by atoms with Gasteiger partial charge in [-0.1, -0.05) is 0 Å². The Balaban J connectivity index is 2.28. The number of hydrogen-bond donors (Lipinski definition) is 2. The highest BCUT2D eigenvalue weighted by atomic mass is 32.1. The van der Waals surface area contributed by atoms with Gasteiger partial charge in [-0.3, -0.25) is 14.4 Å². The van der Waals surface area contributed by atoms with E-state index in [9.17, 15) is 14.4 Å². The molecule has 8 heteroatoms. The van der Waals surface area contributed by atoms with Gasteiger partial charge in [-0.05, 0) is 13.8 Å². The van der Waals surface area contributed by atoms with Crippen LogP contribution >= 0.6 is 11.3 Å². The number of carbonyl (C=O) groups is 3. The molecule has 0 aliphatic carbocycles. The molecule has 2 heterocycles. The fourth-order valence-corrected chi connectivity index (χ4v) is 3.06. The van der Waals surface area contributed by atoms with Crippen molar-refractivity contribution in [1.29, 1.82) is 0 Å². The van der Waals surface area contributed by atoms with Crippen LogP contribution in [0, 0.1) is 13.8 Å². The maximum atomic E-state index is 12.5. The number of amides is 2. The van der Waals surface area contributed by atoms with Crippen LogP contribution in [0.3, 0.4) is 0 Å². The molecule has 1 aliphatic rings. The number of aromatic nitrogens is 1. The van der Waals surface area contributed by atoms with Crippen LogP contribution in [0.4, 0.5) is 0 Å². The monoisotopic (exact) mass is 297 g/mol. The van der Waals surface area contributed by atoms with E-state index in [-0.39, 0.29) is 5.91 Å². The minimum absolute atomic E-state index is 0.304. The van der Waals surface area contributed by atoms with Crippen molar-refractivity contribution in [2.75, 3.05) is 13.1 Å². The van der Waals surface area contributed by atoms with Gasteiger partial charge in [-0.2, -0.15) is 0 Å². The van der Waals surface area contributed by atoms with Crippen LogP contribution in [0.25, 0.3) is 0 Å². The number of rotatable bonds is 3. The van der Waals surface area contributed by atoms with E-state index in [1.807, 2.05) is 0 Å². The van der Waals surface area contributed by atoms with E-state index in [4.69, 9.17) is 5.11 Å². The number of carboxylic acids is 1. The Morgan fingerprint density at radius 2 is 2.20 bits per heavy atom. The topological polar surface area (TPSA) is 99.6 Å². The van der Waals surface area contributed by atoms with Crippen LogP contribution in [0.15, 0.2) is 0 Å². The van der Waals surface area contributed by atoms with Crippen LogP contribution in [0.2, 0.25) is 0 Å². The summed E-state index contributed by atoms with van der Waals surface area (Å²) in [5, 5.41) is 12.2. The summed E-state index contributed by atoms with van der Waals surface area (Å²) in [6, 6.07) is -0.962. The molecule has 20 heavy (non-hydrogen) atoms. The van der Waals surface area contributed by atoms with Gasteiger partial charge in [0.05, 0.1) is 17.1 Å². The molecule has 0 bridgehead atoms. The van der Waals surface area contributed by atoms with Gasteiger partial charge in [0.25, 0.3) is 5.91 Å². The molecule has 1 saturated heterocycles. The molecule has 2 N–H and O–H groups in total. The molecule has 2 amide bonds. The molecule has 0 radical (unpaired) electrons. The molecule has 108 valence electrons. The van der Waals surface area contributed by atoms with Crippen molar-refractivity contribution in [3.8, 4) is 0 Å². The smallest absolute Gasteiger partial charge is 0.305 e. The summed E-state index contributed by atoms with van der Waals surface area (Å²) in [6.45, 7) is 4.16. The summed E-state index contributed by atoms with van der Waals surface area (Å²) in [5.74, 6) is -1.86. The first-order chi connectivity index (χ1) is 9.40. The zero-order valence-electron chi connectivity index (χ0n) is 11.2. The third-order valence-corrected chi connectivity index (χ3v) is 4.12. The van der Waals surface area contributed by atoms with Gasteiger partial charge < -0.3 is 15.3 Å². The lowest BCUT2D eigenvalue weighted by Crippen LogP contribution is -2.57. The minimum atomic E-state index is -1.11. The first kappa shape index (κ1) is 14.4. The molecule has 1 aliphatic heterocycles. The number of carbonyl (C=O) groups excluding carboxylic acids is 2. The van der Waals surface area contributed by atoms with Crippen LogP contribution < -0.4 is 5.32 Å². The van der Waals surface area contributed by atoms with E-state index >= 15 is 0 Å². The largest absolute Gasteiger partial charge is 0.481 e. The molecule has 0 spiro atoms. The van der Waals surface area contributed by atoms with Crippen molar-refractivity contribution in [2.24, 2.45) is 0 Å². The van der Waals surface area contributed by atoms with Crippen LogP contribution in [-0.2, 0) is 9.59 Å². The Bertz CT molecular complexity index is 569. The average molecular weight is 297 g/mol. The first-order valence-electron chi connectivity index (χ1n) is 6.14. The van der Waals surface area contributed by atoms with Crippen molar-refractivity contribution < 1.29 is 19.5 Å². The van der Waals surface area contributed by atoms with Crippen LogP contribution in [0.1, 0.15) is 26.8 Å². The molecule has 1 aromatic heterocycles. The Kier molecular flexibility index (Phi) is 4.03. The summed E-state index contributed by atoms with van der Waals surface area (Å²) in [4.78, 5) is 41.1. The van der Waals surface area contributed by atoms with Crippen molar-refractivity contribution in [2.45, 2.75) is 26.3 Å². The highest BCUT2D eigenvalue weighted by Crippen LogP contribution is 2.22. The first-order valence-corrected chi connectivity index (χ1v) is 6.96. The maximum Gasteiger partial charge on any atom is 0.305 e. The van der Waals surface area contributed by atoms with Gasteiger partial charge in [-0.15, -0.1) is 11.3 Å². The molecule has 0 saturated carbocycles. The van der Waals surface area contributed by atoms with E-state index in [0.29, 0.717) is 23.7 Å². The number of aliphatic carboxylic acids is 1. The maximum absolute atomic E-state index is 12.5. The Morgan fingerprint density at radius 3 is 2.75 bits per heavy atom. The van der Waals surface area contributed by atoms with E-state index in [1.165, 1.54) is 16.2 Å². The number of hydrogen-bond acceptors (Lipinski definition) is 5. The molecule has 7 nitrogen and oxygen atoms in total. The van der Waals surface area contributed by atoms with Crippen LogP contribution in [-0.4, -0.2) is 51.9 Å². The molecule has 0 aromatic carbocycles. The van der Waals surface area contributed by atoms with E-state index in [0.717, 1.165) is 5.01 Å². The summed E-state index contributed by atoms with van der Waals surface area (Å²) in [7, 11) is 0. The summed E-state index contributed by atoms with van der Waals surface area (Å²) >= 11 is 1.26. The number of piperazine rings is 1. The lowest BCUT2D eigenvalue weighted by molar-refractivity contribution is -0.142. The number of thiazole rings is 1. The van der Waals surface area contributed by atoms with Crippen molar-refractivity contribution in [3.63, 3.8) is 0 Å². The average Bonchev–Trinajstić information content (AvgIpc) is 2.70. The number of nitrogens with zero attached hydrogens (tertiary/aromatic N) is 2. The molecular weight excluding hydrogens is 282 g/mol. The lowest BCUT2D eigenvalue weighted by atomic mass is 10.1. The van der Waals surface area contributed by atoms with Crippen molar-refractivity contribution in [1.82, 2.24) is 15.2 Å². The van der Waals surface area contributed by atoms with Crippen LogP contribution in [0.5, 0.6) is 0 Å². The normalized spacial score (nSPS) is 18.8. The number of aryl methyl sites for hydroxylation is 2. The molecular formula is C12H15N3O4S. The second-order valence-corrected chi connectivity index (χ2v) is 5.75. The van der Waals surface area contributed by atoms with Gasteiger partial charge >= 0.3 is 5.97 Å². The predicted molar refractivity (Wildman–Crippen MR) is 71.7 cm³/mol. The van der Waals surface area contributed by atoms with Gasteiger partial charge in [-0.25, -0.2) is 4.98 Å². The SMILES string of the molecule is Cc1nc(C)c(C(=O)N2CCNC(=O)C2CC(=O)O)s1. The highest BCUT2D eigenvalue weighted by Gasteiger charge is 2.36. The lowest BCUT2D eigenvalue weighted by Gasteiger charge is -2.34. The molecule has 1 atom stereocenters. The van der Waals surface area contributed by atoms with Crippen molar-refractivity contribution >= 4 is 29.1 Å². The Labute approximate surface area is 119 Å². The van der Waals surface area contributed by atoms with Crippen molar-refractivity contribution in [3.05, 3.63) is 15.6 Å². The quantitative estimate of drug-likeness (QED) is 0.829. The molecule has 1 fully saturated rings. The summed E-state index contributed by atoms with van der Waals surface area (Å²) in [5.41, 5.74) is 0.609. The third kappa shape index (κ3) is 2.79.